The Morgan fingerprint density at radius 2 is 1.86 bits per heavy atom. The molecule has 6 heteroatoms. The minimum absolute atomic E-state index is 0.468. The van der Waals surface area contributed by atoms with E-state index in [1.54, 1.807) is 18.9 Å². The average molecular weight is 296 g/mol. The first-order valence-corrected chi connectivity index (χ1v) is 7.98. The normalized spacial score (nSPS) is 19.2. The molecule has 0 radical (unpaired) electrons. The Bertz CT molecular complexity index is 620. The number of rotatable bonds is 4. The van der Waals surface area contributed by atoms with Gasteiger partial charge in [-0.15, -0.1) is 0 Å². The molecule has 2 fully saturated rings. The summed E-state index contributed by atoms with van der Waals surface area (Å²) >= 11 is 0. The summed E-state index contributed by atoms with van der Waals surface area (Å²) in [5.74, 6) is 2.67. The van der Waals surface area contributed by atoms with Crippen LogP contribution in [-0.4, -0.2) is 39.1 Å². The summed E-state index contributed by atoms with van der Waals surface area (Å²) in [6.07, 6.45) is 9.80. The van der Waals surface area contributed by atoms with Crippen LogP contribution >= 0.6 is 0 Å². The Kier molecular flexibility index (Phi) is 3.58. The molecule has 114 valence electrons. The second-order valence-corrected chi connectivity index (χ2v) is 6.08. The van der Waals surface area contributed by atoms with Crippen LogP contribution in [0.2, 0.25) is 0 Å². The molecular weight excluding hydrogens is 276 g/mol. The number of hydrogen-bond acceptors (Lipinski definition) is 6. The maximum atomic E-state index is 4.46. The zero-order valence-electron chi connectivity index (χ0n) is 12.5. The third kappa shape index (κ3) is 3.00. The van der Waals surface area contributed by atoms with Gasteiger partial charge in [0.2, 0.25) is 0 Å². The van der Waals surface area contributed by atoms with Gasteiger partial charge in [0.1, 0.15) is 24.3 Å². The summed E-state index contributed by atoms with van der Waals surface area (Å²) in [5.41, 5.74) is 1.21. The highest BCUT2D eigenvalue weighted by molar-refractivity contribution is 5.42. The minimum atomic E-state index is 0.468. The molecule has 4 rings (SSSR count). The van der Waals surface area contributed by atoms with Gasteiger partial charge < -0.3 is 10.2 Å². The number of aromatic nitrogens is 4. The third-order valence-corrected chi connectivity index (χ3v) is 4.42. The van der Waals surface area contributed by atoms with Gasteiger partial charge in [0.05, 0.1) is 0 Å². The highest BCUT2D eigenvalue weighted by Gasteiger charge is 2.26. The fraction of sp³-hybridized carbons (Fsp3) is 0.500. The monoisotopic (exact) mass is 296 g/mol. The number of anilines is 2. The summed E-state index contributed by atoms with van der Waals surface area (Å²) in [6, 6.07) is 4.56. The van der Waals surface area contributed by atoms with Gasteiger partial charge in [-0.1, -0.05) is 0 Å². The molecule has 22 heavy (non-hydrogen) atoms. The standard InChI is InChI=1S/C16H20N6/c1-2-12(1)14-9-16(20-11-18-14)22-7-4-13(5-8-22)21-15-3-6-17-10-19-15/h3,6,9-13H,1-2,4-5,7-8H2,(H,17,19,21). The zero-order chi connectivity index (χ0) is 14.8. The van der Waals surface area contributed by atoms with Crippen molar-refractivity contribution in [3.8, 4) is 0 Å². The molecule has 2 aliphatic rings. The molecule has 1 N–H and O–H groups in total. The van der Waals surface area contributed by atoms with E-state index in [9.17, 15) is 0 Å². The lowest BCUT2D eigenvalue weighted by molar-refractivity contribution is 0.522. The van der Waals surface area contributed by atoms with Crippen molar-refractivity contribution in [2.24, 2.45) is 0 Å². The molecular formula is C16H20N6. The van der Waals surface area contributed by atoms with E-state index in [0.29, 0.717) is 12.0 Å². The Hall–Kier alpha value is -2.24. The van der Waals surface area contributed by atoms with Crippen molar-refractivity contribution in [2.45, 2.75) is 37.6 Å². The van der Waals surface area contributed by atoms with Crippen molar-refractivity contribution in [1.29, 1.82) is 0 Å². The van der Waals surface area contributed by atoms with Crippen molar-refractivity contribution in [3.63, 3.8) is 0 Å². The summed E-state index contributed by atoms with van der Waals surface area (Å²) in [6.45, 7) is 2.04. The maximum absolute atomic E-state index is 4.46. The number of piperidine rings is 1. The van der Waals surface area contributed by atoms with Crippen LogP contribution in [0.5, 0.6) is 0 Å². The van der Waals surface area contributed by atoms with Gasteiger partial charge in [0.15, 0.2) is 0 Å². The molecule has 0 unspecified atom stereocenters. The molecule has 0 spiro atoms. The molecule has 0 aromatic carbocycles. The molecule has 0 amide bonds. The van der Waals surface area contributed by atoms with E-state index in [4.69, 9.17) is 0 Å². The minimum Gasteiger partial charge on any atom is -0.367 e. The van der Waals surface area contributed by atoms with Gasteiger partial charge in [0.25, 0.3) is 0 Å². The lowest BCUT2D eigenvalue weighted by Gasteiger charge is -2.33. The molecule has 1 saturated heterocycles. The highest BCUT2D eigenvalue weighted by atomic mass is 15.2. The van der Waals surface area contributed by atoms with Crippen LogP contribution in [0.3, 0.4) is 0 Å². The Morgan fingerprint density at radius 3 is 2.59 bits per heavy atom. The van der Waals surface area contributed by atoms with Gasteiger partial charge >= 0.3 is 0 Å². The van der Waals surface area contributed by atoms with E-state index in [1.165, 1.54) is 18.5 Å². The molecule has 1 aliphatic heterocycles. The van der Waals surface area contributed by atoms with Crippen molar-refractivity contribution in [1.82, 2.24) is 19.9 Å². The van der Waals surface area contributed by atoms with Crippen LogP contribution in [0.15, 0.2) is 31.0 Å². The van der Waals surface area contributed by atoms with Gasteiger partial charge in [0, 0.05) is 43.0 Å². The summed E-state index contributed by atoms with van der Waals surface area (Å²) in [7, 11) is 0. The number of hydrogen-bond donors (Lipinski definition) is 1. The van der Waals surface area contributed by atoms with Gasteiger partial charge in [-0.05, 0) is 31.7 Å². The van der Waals surface area contributed by atoms with Crippen LogP contribution in [-0.2, 0) is 0 Å². The first kappa shape index (κ1) is 13.4. The molecule has 2 aromatic rings. The molecule has 3 heterocycles. The zero-order valence-corrected chi connectivity index (χ0v) is 12.5. The van der Waals surface area contributed by atoms with Crippen molar-refractivity contribution in [3.05, 3.63) is 36.7 Å². The third-order valence-electron chi connectivity index (χ3n) is 4.42. The largest absolute Gasteiger partial charge is 0.367 e. The number of nitrogens with zero attached hydrogens (tertiary/aromatic N) is 5. The fourth-order valence-corrected chi connectivity index (χ4v) is 2.97. The lowest BCUT2D eigenvalue weighted by Crippen LogP contribution is -2.39. The number of nitrogens with one attached hydrogen (secondary N) is 1. The topological polar surface area (TPSA) is 66.8 Å². The molecule has 2 aromatic heterocycles. The molecule has 0 atom stereocenters. The summed E-state index contributed by atoms with van der Waals surface area (Å²) in [4.78, 5) is 19.4. The molecule has 1 saturated carbocycles. The van der Waals surface area contributed by atoms with Crippen LogP contribution < -0.4 is 10.2 Å². The fourth-order valence-electron chi connectivity index (χ4n) is 2.97. The van der Waals surface area contributed by atoms with E-state index in [0.717, 1.165) is 37.6 Å². The predicted octanol–water partition coefficient (Wildman–Crippen LogP) is 2.22. The maximum Gasteiger partial charge on any atom is 0.132 e. The van der Waals surface area contributed by atoms with Gasteiger partial charge in [-0.2, -0.15) is 0 Å². The Balaban J connectivity index is 1.36. The first-order chi connectivity index (χ1) is 10.9. The summed E-state index contributed by atoms with van der Waals surface area (Å²) < 4.78 is 0. The van der Waals surface area contributed by atoms with E-state index in [-0.39, 0.29) is 0 Å². The first-order valence-electron chi connectivity index (χ1n) is 7.98. The lowest BCUT2D eigenvalue weighted by atomic mass is 10.0. The van der Waals surface area contributed by atoms with Crippen LogP contribution in [0.1, 0.15) is 37.3 Å². The molecule has 6 nitrogen and oxygen atoms in total. The Labute approximate surface area is 130 Å². The van der Waals surface area contributed by atoms with Crippen LogP contribution in [0, 0.1) is 0 Å². The van der Waals surface area contributed by atoms with Crippen LogP contribution in [0.4, 0.5) is 11.6 Å². The SMILES string of the molecule is c1cc(NC2CCN(c3cc(C4CC4)ncn3)CC2)ncn1. The second kappa shape index (κ2) is 5.87. The van der Waals surface area contributed by atoms with E-state index < -0.39 is 0 Å². The van der Waals surface area contributed by atoms with Crippen molar-refractivity contribution in [2.75, 3.05) is 23.3 Å². The van der Waals surface area contributed by atoms with E-state index in [2.05, 4.69) is 36.2 Å². The molecule has 1 aliphatic carbocycles. The van der Waals surface area contributed by atoms with Crippen molar-refractivity contribution >= 4 is 11.6 Å². The smallest absolute Gasteiger partial charge is 0.132 e. The quantitative estimate of drug-likeness (QED) is 0.933. The van der Waals surface area contributed by atoms with E-state index in [1.807, 2.05) is 6.07 Å². The van der Waals surface area contributed by atoms with Gasteiger partial charge in [-0.3, -0.25) is 0 Å². The predicted molar refractivity (Wildman–Crippen MR) is 84.9 cm³/mol. The average Bonchev–Trinajstić information content (AvgIpc) is 3.42. The van der Waals surface area contributed by atoms with Gasteiger partial charge in [-0.25, -0.2) is 19.9 Å². The second-order valence-electron chi connectivity index (χ2n) is 6.08. The highest BCUT2D eigenvalue weighted by Crippen LogP contribution is 2.39. The van der Waals surface area contributed by atoms with Crippen LogP contribution in [0.25, 0.3) is 0 Å². The Morgan fingerprint density at radius 1 is 1.00 bits per heavy atom. The summed E-state index contributed by atoms with van der Waals surface area (Å²) in [5, 5.41) is 3.48. The van der Waals surface area contributed by atoms with E-state index >= 15 is 0 Å². The van der Waals surface area contributed by atoms with Crippen molar-refractivity contribution < 1.29 is 0 Å². The molecule has 0 bridgehead atoms.